The molecule has 2 aliphatic carbocycles. The number of thiophene rings is 1. The smallest absolute Gasteiger partial charge is 0.225 e. The number of unbranched alkanes of at least 4 members (excludes halogenated alkanes) is 1. The second kappa shape index (κ2) is 10.2. The lowest BCUT2D eigenvalue weighted by Crippen LogP contribution is -2.40. The average molecular weight is 443 g/mol. The van der Waals surface area contributed by atoms with Gasteiger partial charge in [-0.3, -0.25) is 0 Å². The van der Waals surface area contributed by atoms with Crippen LogP contribution >= 0.6 is 11.3 Å². The van der Waals surface area contributed by atoms with Crippen molar-refractivity contribution in [2.45, 2.75) is 95.8 Å². The van der Waals surface area contributed by atoms with Gasteiger partial charge in [0, 0.05) is 10.9 Å². The van der Waals surface area contributed by atoms with Crippen LogP contribution in [0.1, 0.15) is 81.6 Å². The molecular formula is C24H34N4O2S. The molecule has 2 atom stereocenters. The second-order valence-electron chi connectivity index (χ2n) is 8.94. The maximum atomic E-state index is 9.90. The first-order chi connectivity index (χ1) is 15.1. The molecule has 0 aliphatic heterocycles. The van der Waals surface area contributed by atoms with E-state index in [2.05, 4.69) is 28.7 Å². The Kier molecular flexibility index (Phi) is 7.42. The van der Waals surface area contributed by atoms with Crippen molar-refractivity contribution >= 4 is 21.6 Å². The molecule has 168 valence electrons. The molecule has 2 unspecified atom stereocenters. The van der Waals surface area contributed by atoms with E-state index in [9.17, 15) is 5.11 Å². The van der Waals surface area contributed by atoms with Crippen LogP contribution in [0.4, 0.5) is 0 Å². The Balaban J connectivity index is 1.47. The van der Waals surface area contributed by atoms with Gasteiger partial charge >= 0.3 is 0 Å². The zero-order valence-electron chi connectivity index (χ0n) is 18.7. The van der Waals surface area contributed by atoms with E-state index in [4.69, 9.17) is 10.00 Å². The highest BCUT2D eigenvalue weighted by molar-refractivity contribution is 7.19. The van der Waals surface area contributed by atoms with Crippen molar-refractivity contribution in [2.75, 3.05) is 13.1 Å². The molecule has 2 aliphatic rings. The zero-order chi connectivity index (χ0) is 21.8. The highest BCUT2D eigenvalue weighted by Gasteiger charge is 2.33. The van der Waals surface area contributed by atoms with Crippen molar-refractivity contribution < 1.29 is 9.84 Å². The predicted octanol–water partition coefficient (Wildman–Crippen LogP) is 4.81. The number of fused-ring (bicyclic) bond motifs is 3. The van der Waals surface area contributed by atoms with Crippen LogP contribution in [0.5, 0.6) is 5.88 Å². The van der Waals surface area contributed by atoms with Crippen molar-refractivity contribution in [3.05, 3.63) is 16.8 Å². The molecule has 0 saturated heterocycles. The second-order valence-corrected chi connectivity index (χ2v) is 10.0. The summed E-state index contributed by atoms with van der Waals surface area (Å²) in [6.45, 7) is 6.85. The summed E-state index contributed by atoms with van der Waals surface area (Å²) >= 11 is 1.71. The zero-order valence-corrected chi connectivity index (χ0v) is 19.5. The van der Waals surface area contributed by atoms with E-state index < -0.39 is 6.10 Å². The summed E-state index contributed by atoms with van der Waals surface area (Å²) in [5.74, 6) is 0.877. The van der Waals surface area contributed by atoms with Crippen molar-refractivity contribution in [1.29, 1.82) is 5.26 Å². The van der Waals surface area contributed by atoms with E-state index in [1.165, 1.54) is 42.7 Å². The standard InChI is InChI=1S/C24H34N4O2S/c1-3-5-12-28(4-2)17-7-9-19(10-8-17)30-23-22-21-16(13-18(29)14-25)6-11-20(21)31-24(22)27-15-26-23/h15-19,29H,3-13H2,1-2H3. The Hall–Kier alpha value is -1.75. The van der Waals surface area contributed by atoms with E-state index in [0.717, 1.165) is 42.4 Å². The number of aryl methyl sites for hydroxylation is 1. The molecule has 6 nitrogen and oxygen atoms in total. The van der Waals surface area contributed by atoms with E-state index in [1.807, 2.05) is 6.07 Å². The van der Waals surface area contributed by atoms with Gasteiger partial charge in [-0.1, -0.05) is 20.3 Å². The maximum absolute atomic E-state index is 9.90. The minimum absolute atomic E-state index is 0.180. The molecule has 0 spiro atoms. The summed E-state index contributed by atoms with van der Waals surface area (Å²) in [6.07, 6.45) is 10.3. The van der Waals surface area contributed by atoms with E-state index in [-0.39, 0.29) is 12.0 Å². The van der Waals surface area contributed by atoms with Crippen molar-refractivity contribution in [1.82, 2.24) is 14.9 Å². The Bertz CT molecular complexity index is 916. The van der Waals surface area contributed by atoms with Gasteiger partial charge < -0.3 is 14.7 Å². The van der Waals surface area contributed by atoms with Gasteiger partial charge in [-0.15, -0.1) is 11.3 Å². The number of nitrogens with zero attached hydrogens (tertiary/aromatic N) is 4. The normalized spacial score (nSPS) is 24.3. The summed E-state index contributed by atoms with van der Waals surface area (Å²) in [4.78, 5) is 14.0. The predicted molar refractivity (Wildman–Crippen MR) is 124 cm³/mol. The molecule has 1 fully saturated rings. The van der Waals surface area contributed by atoms with Gasteiger partial charge in [0.25, 0.3) is 0 Å². The van der Waals surface area contributed by atoms with Gasteiger partial charge in [0.15, 0.2) is 0 Å². The molecule has 1 N–H and O–H groups in total. The summed E-state index contributed by atoms with van der Waals surface area (Å²) in [5.41, 5.74) is 1.22. The largest absolute Gasteiger partial charge is 0.474 e. The molecule has 0 amide bonds. The summed E-state index contributed by atoms with van der Waals surface area (Å²) in [6, 6.07) is 2.64. The molecular weight excluding hydrogens is 408 g/mol. The van der Waals surface area contributed by atoms with Crippen LogP contribution in [-0.4, -0.2) is 51.3 Å². The maximum Gasteiger partial charge on any atom is 0.225 e. The Labute approximate surface area is 189 Å². The molecule has 0 aromatic carbocycles. The quantitative estimate of drug-likeness (QED) is 0.561. The topological polar surface area (TPSA) is 82.3 Å². The summed E-state index contributed by atoms with van der Waals surface area (Å²) in [5, 5.41) is 20.0. The van der Waals surface area contributed by atoms with Gasteiger partial charge in [0.05, 0.1) is 11.5 Å². The minimum Gasteiger partial charge on any atom is -0.474 e. The lowest BCUT2D eigenvalue weighted by molar-refractivity contribution is 0.0879. The van der Waals surface area contributed by atoms with E-state index in [0.29, 0.717) is 18.3 Å². The summed E-state index contributed by atoms with van der Waals surface area (Å²) < 4.78 is 6.48. The number of hydrogen-bond acceptors (Lipinski definition) is 7. The van der Waals surface area contributed by atoms with Crippen LogP contribution in [0, 0.1) is 11.3 Å². The van der Waals surface area contributed by atoms with Gasteiger partial charge in [-0.25, -0.2) is 9.97 Å². The molecule has 2 aromatic heterocycles. The van der Waals surface area contributed by atoms with E-state index in [1.54, 1.807) is 17.7 Å². The Morgan fingerprint density at radius 3 is 2.77 bits per heavy atom. The molecule has 2 heterocycles. The highest BCUT2D eigenvalue weighted by atomic mass is 32.1. The molecule has 31 heavy (non-hydrogen) atoms. The Morgan fingerprint density at radius 1 is 1.26 bits per heavy atom. The first-order valence-electron chi connectivity index (χ1n) is 11.9. The Morgan fingerprint density at radius 2 is 2.06 bits per heavy atom. The number of hydrogen-bond donors (Lipinski definition) is 1. The van der Waals surface area contributed by atoms with Gasteiger partial charge in [-0.2, -0.15) is 5.26 Å². The third-order valence-electron chi connectivity index (χ3n) is 7.00. The van der Waals surface area contributed by atoms with Gasteiger partial charge in [0.1, 0.15) is 23.4 Å². The van der Waals surface area contributed by atoms with E-state index >= 15 is 0 Å². The van der Waals surface area contributed by atoms with Crippen LogP contribution in [0.15, 0.2) is 6.33 Å². The third-order valence-corrected chi connectivity index (χ3v) is 8.17. The number of rotatable bonds is 9. The number of nitriles is 1. The number of aliphatic hydroxyl groups excluding tert-OH is 1. The van der Waals surface area contributed by atoms with Crippen LogP contribution in [0.2, 0.25) is 0 Å². The third kappa shape index (κ3) is 4.87. The summed E-state index contributed by atoms with van der Waals surface area (Å²) in [7, 11) is 0. The SMILES string of the molecule is CCCCN(CC)C1CCC(Oc2ncnc3sc4c(c23)C(CC(O)C#N)CC4)CC1. The molecule has 4 rings (SSSR count). The molecule has 7 heteroatoms. The molecule has 0 radical (unpaired) electrons. The van der Waals surface area contributed by atoms with Crippen LogP contribution < -0.4 is 4.74 Å². The number of aliphatic hydroxyl groups is 1. The fourth-order valence-electron chi connectivity index (χ4n) is 5.33. The molecule has 2 aromatic rings. The highest BCUT2D eigenvalue weighted by Crippen LogP contribution is 2.47. The average Bonchev–Trinajstić information content (AvgIpc) is 3.35. The first kappa shape index (κ1) is 22.4. The fraction of sp³-hybridized carbons (Fsp3) is 0.708. The number of aromatic nitrogens is 2. The van der Waals surface area contributed by atoms with Gasteiger partial charge in [0.2, 0.25) is 5.88 Å². The lowest BCUT2D eigenvalue weighted by Gasteiger charge is -2.36. The minimum atomic E-state index is -0.926. The van der Waals surface area contributed by atoms with Crippen LogP contribution in [0.3, 0.4) is 0 Å². The molecule has 1 saturated carbocycles. The van der Waals surface area contributed by atoms with Crippen molar-refractivity contribution in [3.63, 3.8) is 0 Å². The van der Waals surface area contributed by atoms with Gasteiger partial charge in [-0.05, 0) is 75.9 Å². The fourth-order valence-corrected chi connectivity index (χ4v) is 6.56. The van der Waals surface area contributed by atoms with Crippen molar-refractivity contribution in [2.24, 2.45) is 0 Å². The lowest BCUT2D eigenvalue weighted by atomic mass is 9.91. The monoisotopic (exact) mass is 442 g/mol. The van der Waals surface area contributed by atoms with Crippen LogP contribution in [-0.2, 0) is 6.42 Å². The molecule has 0 bridgehead atoms. The number of ether oxygens (including phenoxy) is 1. The van der Waals surface area contributed by atoms with Crippen molar-refractivity contribution in [3.8, 4) is 11.9 Å². The first-order valence-corrected chi connectivity index (χ1v) is 12.7. The van der Waals surface area contributed by atoms with Crippen LogP contribution in [0.25, 0.3) is 10.2 Å².